The third kappa shape index (κ3) is 3.38. The third-order valence-corrected chi connectivity index (χ3v) is 3.31. The van der Waals surface area contributed by atoms with E-state index in [0.717, 1.165) is 16.9 Å². The second-order valence-electron chi connectivity index (χ2n) is 6.12. The average molecular weight is 272 g/mol. The topological polar surface area (TPSA) is 9.23 Å². The number of benzene rings is 2. The van der Waals surface area contributed by atoms with E-state index in [0.29, 0.717) is 12.2 Å². The zero-order chi connectivity index (χ0) is 14.8. The van der Waals surface area contributed by atoms with Crippen molar-refractivity contribution < 1.29 is 9.13 Å². The van der Waals surface area contributed by atoms with Crippen LogP contribution in [0.2, 0.25) is 0 Å². The summed E-state index contributed by atoms with van der Waals surface area (Å²) in [5.41, 5.74) is 2.38. The van der Waals surface area contributed by atoms with Gasteiger partial charge in [-0.2, -0.15) is 0 Å². The molecule has 0 unspecified atom stereocenters. The molecule has 0 heterocycles. The molecule has 2 heteroatoms. The van der Waals surface area contributed by atoms with E-state index in [1.165, 1.54) is 0 Å². The van der Waals surface area contributed by atoms with Gasteiger partial charge < -0.3 is 4.74 Å². The molecule has 2 aromatic rings. The lowest BCUT2D eigenvalue weighted by Crippen LogP contribution is -2.14. The van der Waals surface area contributed by atoms with Gasteiger partial charge in [-0.05, 0) is 41.2 Å². The van der Waals surface area contributed by atoms with Crippen molar-refractivity contribution in [3.8, 4) is 5.75 Å². The Morgan fingerprint density at radius 1 is 1.05 bits per heavy atom. The predicted octanol–water partition coefficient (Wildman–Crippen LogP) is 5.01. The number of halogens is 1. The molecule has 1 nitrogen and oxygen atoms in total. The van der Waals surface area contributed by atoms with Crippen molar-refractivity contribution in [2.75, 3.05) is 0 Å². The van der Waals surface area contributed by atoms with Gasteiger partial charge in [0.2, 0.25) is 0 Å². The fourth-order valence-corrected chi connectivity index (χ4v) is 2.12. The van der Waals surface area contributed by atoms with Crippen molar-refractivity contribution in [1.29, 1.82) is 0 Å². The first-order chi connectivity index (χ1) is 9.38. The van der Waals surface area contributed by atoms with Gasteiger partial charge in [0.25, 0.3) is 0 Å². The lowest BCUT2D eigenvalue weighted by atomic mass is 9.86. The Labute approximate surface area is 120 Å². The first-order valence-electron chi connectivity index (χ1n) is 6.85. The number of hydrogen-bond donors (Lipinski definition) is 0. The van der Waals surface area contributed by atoms with Crippen LogP contribution in [0.1, 0.15) is 37.5 Å². The SMILES string of the molecule is Cc1cc(F)c(C(C)(C)C)cc1OCc1ccccc1. The molecule has 0 N–H and O–H groups in total. The molecule has 0 saturated heterocycles. The number of aryl methyl sites for hydroxylation is 1. The summed E-state index contributed by atoms with van der Waals surface area (Å²) in [6.45, 7) is 8.37. The van der Waals surface area contributed by atoms with E-state index >= 15 is 0 Å². The van der Waals surface area contributed by atoms with Crippen molar-refractivity contribution in [3.63, 3.8) is 0 Å². The summed E-state index contributed by atoms with van der Waals surface area (Å²) in [6.07, 6.45) is 0. The van der Waals surface area contributed by atoms with Crippen molar-refractivity contribution >= 4 is 0 Å². The van der Waals surface area contributed by atoms with Gasteiger partial charge in [0.05, 0.1) is 0 Å². The van der Waals surface area contributed by atoms with Crippen LogP contribution in [0.4, 0.5) is 4.39 Å². The molecule has 2 rings (SSSR count). The van der Waals surface area contributed by atoms with Gasteiger partial charge in [-0.1, -0.05) is 51.1 Å². The Hall–Kier alpha value is -1.83. The van der Waals surface area contributed by atoms with Crippen LogP contribution < -0.4 is 4.74 Å². The van der Waals surface area contributed by atoms with Crippen LogP contribution in [0, 0.1) is 12.7 Å². The standard InChI is InChI=1S/C18H21FO/c1-13-10-16(19)15(18(2,3)4)11-17(13)20-12-14-8-6-5-7-9-14/h5-11H,12H2,1-4H3. The Kier molecular flexibility index (Phi) is 4.12. The Morgan fingerprint density at radius 3 is 2.30 bits per heavy atom. The highest BCUT2D eigenvalue weighted by atomic mass is 19.1. The Bertz CT molecular complexity index is 582. The average Bonchev–Trinajstić information content (AvgIpc) is 2.37. The lowest BCUT2D eigenvalue weighted by molar-refractivity contribution is 0.302. The molecule has 0 spiro atoms. The van der Waals surface area contributed by atoms with E-state index in [9.17, 15) is 4.39 Å². The molecule has 0 aromatic heterocycles. The molecule has 0 aliphatic rings. The molecular weight excluding hydrogens is 251 g/mol. The van der Waals surface area contributed by atoms with Crippen LogP contribution in [0.25, 0.3) is 0 Å². The van der Waals surface area contributed by atoms with Crippen LogP contribution in [-0.4, -0.2) is 0 Å². The lowest BCUT2D eigenvalue weighted by Gasteiger charge is -2.22. The monoisotopic (exact) mass is 272 g/mol. The molecule has 20 heavy (non-hydrogen) atoms. The van der Waals surface area contributed by atoms with Crippen molar-refractivity contribution in [2.24, 2.45) is 0 Å². The quantitative estimate of drug-likeness (QED) is 0.763. The summed E-state index contributed by atoms with van der Waals surface area (Å²) in [5, 5.41) is 0. The molecule has 0 amide bonds. The highest BCUT2D eigenvalue weighted by Gasteiger charge is 2.20. The van der Waals surface area contributed by atoms with Crippen molar-refractivity contribution in [1.82, 2.24) is 0 Å². The minimum atomic E-state index is -0.233. The molecule has 0 bridgehead atoms. The normalized spacial score (nSPS) is 11.4. The highest BCUT2D eigenvalue weighted by Crippen LogP contribution is 2.31. The summed E-state index contributed by atoms with van der Waals surface area (Å²) < 4.78 is 19.9. The number of rotatable bonds is 3. The van der Waals surface area contributed by atoms with Gasteiger partial charge in [-0.15, -0.1) is 0 Å². The maximum Gasteiger partial charge on any atom is 0.127 e. The summed E-state index contributed by atoms with van der Waals surface area (Å²) in [7, 11) is 0. The van der Waals surface area contributed by atoms with E-state index in [-0.39, 0.29) is 11.2 Å². The van der Waals surface area contributed by atoms with Crippen LogP contribution in [-0.2, 0) is 12.0 Å². The minimum absolute atomic E-state index is 0.165. The maximum atomic E-state index is 14.0. The fraction of sp³-hybridized carbons (Fsp3) is 0.333. The molecule has 0 saturated carbocycles. The van der Waals surface area contributed by atoms with Crippen LogP contribution in [0.15, 0.2) is 42.5 Å². The summed E-state index contributed by atoms with van der Waals surface area (Å²) in [4.78, 5) is 0. The van der Waals surface area contributed by atoms with Crippen LogP contribution in [0.5, 0.6) is 5.75 Å². The highest BCUT2D eigenvalue weighted by molar-refractivity contribution is 5.40. The van der Waals surface area contributed by atoms with E-state index < -0.39 is 0 Å². The molecule has 0 radical (unpaired) electrons. The number of ether oxygens (including phenoxy) is 1. The molecule has 2 aromatic carbocycles. The summed E-state index contributed by atoms with van der Waals surface area (Å²) in [5.74, 6) is 0.585. The first kappa shape index (κ1) is 14.6. The molecule has 0 fully saturated rings. The van der Waals surface area contributed by atoms with Gasteiger partial charge in [-0.3, -0.25) is 0 Å². The van der Waals surface area contributed by atoms with E-state index in [1.807, 2.05) is 64.1 Å². The first-order valence-corrected chi connectivity index (χ1v) is 6.85. The van der Waals surface area contributed by atoms with Crippen LogP contribution >= 0.6 is 0 Å². The molecule has 0 aliphatic carbocycles. The van der Waals surface area contributed by atoms with Gasteiger partial charge >= 0.3 is 0 Å². The maximum absolute atomic E-state index is 14.0. The molecule has 106 valence electrons. The second kappa shape index (κ2) is 5.66. The Balaban J connectivity index is 2.24. The molecular formula is C18H21FO. The van der Waals surface area contributed by atoms with E-state index in [2.05, 4.69) is 0 Å². The van der Waals surface area contributed by atoms with Crippen molar-refractivity contribution in [2.45, 2.75) is 39.7 Å². The second-order valence-corrected chi connectivity index (χ2v) is 6.12. The van der Waals surface area contributed by atoms with Crippen LogP contribution in [0.3, 0.4) is 0 Å². The van der Waals surface area contributed by atoms with Crippen molar-refractivity contribution in [3.05, 3.63) is 65.0 Å². The fourth-order valence-electron chi connectivity index (χ4n) is 2.12. The third-order valence-electron chi connectivity index (χ3n) is 3.31. The predicted molar refractivity (Wildman–Crippen MR) is 80.6 cm³/mol. The van der Waals surface area contributed by atoms with E-state index in [1.54, 1.807) is 6.07 Å². The zero-order valence-electron chi connectivity index (χ0n) is 12.5. The zero-order valence-corrected chi connectivity index (χ0v) is 12.5. The largest absolute Gasteiger partial charge is 0.489 e. The van der Waals surface area contributed by atoms with Gasteiger partial charge in [0.15, 0.2) is 0 Å². The Morgan fingerprint density at radius 2 is 1.70 bits per heavy atom. The smallest absolute Gasteiger partial charge is 0.127 e. The van der Waals surface area contributed by atoms with Gasteiger partial charge in [-0.25, -0.2) is 4.39 Å². The van der Waals surface area contributed by atoms with Gasteiger partial charge in [0, 0.05) is 0 Å². The van der Waals surface area contributed by atoms with Gasteiger partial charge in [0.1, 0.15) is 18.2 Å². The molecule has 0 atom stereocenters. The number of hydrogen-bond acceptors (Lipinski definition) is 1. The molecule has 0 aliphatic heterocycles. The minimum Gasteiger partial charge on any atom is -0.489 e. The summed E-state index contributed by atoms with van der Waals surface area (Å²) >= 11 is 0. The summed E-state index contributed by atoms with van der Waals surface area (Å²) in [6, 6.07) is 13.4. The van der Waals surface area contributed by atoms with E-state index in [4.69, 9.17) is 4.74 Å².